The van der Waals surface area contributed by atoms with Crippen LogP contribution in [0, 0.1) is 10.8 Å². The van der Waals surface area contributed by atoms with Crippen LogP contribution in [0.15, 0.2) is 54.1 Å². The Bertz CT molecular complexity index is 1860. The predicted molar refractivity (Wildman–Crippen MR) is 202 cm³/mol. The van der Waals surface area contributed by atoms with Crippen molar-refractivity contribution in [2.75, 3.05) is 0 Å². The minimum atomic E-state index is -2.26. The van der Waals surface area contributed by atoms with E-state index in [9.17, 15) is 28.8 Å². The van der Waals surface area contributed by atoms with E-state index in [-0.39, 0.29) is 31.6 Å². The summed E-state index contributed by atoms with van der Waals surface area (Å²) < 4.78 is 13.4. The third kappa shape index (κ3) is 9.90. The molecule has 2 aromatic heterocycles. The summed E-state index contributed by atoms with van der Waals surface area (Å²) in [6, 6.07) is 1.52. The molecule has 49 heavy (non-hydrogen) atoms. The summed E-state index contributed by atoms with van der Waals surface area (Å²) in [5, 5.41) is 0. The highest BCUT2D eigenvalue weighted by Gasteiger charge is 2.37. The van der Waals surface area contributed by atoms with Gasteiger partial charge in [0, 0.05) is 39.1 Å². The summed E-state index contributed by atoms with van der Waals surface area (Å²) in [6.07, 6.45) is 7.62. The quantitative estimate of drug-likeness (QED) is 0.150. The van der Waals surface area contributed by atoms with Gasteiger partial charge in [-0.2, -0.15) is 0 Å². The number of hydrogen-bond acceptors (Lipinski definition) is 7. The summed E-state index contributed by atoms with van der Waals surface area (Å²) in [5.41, 5.74) is -4.56. The SMILES string of the molecule is C=CCn1c(=O)n(C)c(=O)n(CC(CC)(CCC)CC[Si](C)(C)O[Si](C)(C)CCCn2c(=O)n(C)c(=O)n(CC(C)(C=C)CC)c2=O)c1=O. The van der Waals surface area contributed by atoms with Gasteiger partial charge in [0.05, 0.1) is 6.54 Å². The third-order valence-electron chi connectivity index (χ3n) is 10.1. The van der Waals surface area contributed by atoms with Gasteiger partial charge in [0.15, 0.2) is 16.6 Å². The average Bonchev–Trinajstić information content (AvgIpc) is 3.05. The fraction of sp³-hybridized carbons (Fsp3) is 0.706. The van der Waals surface area contributed by atoms with E-state index in [2.05, 4.69) is 53.2 Å². The van der Waals surface area contributed by atoms with Crippen LogP contribution >= 0.6 is 0 Å². The molecule has 0 aromatic carbocycles. The molecule has 2 atom stereocenters. The van der Waals surface area contributed by atoms with Crippen LogP contribution < -0.4 is 34.1 Å². The molecule has 13 nitrogen and oxygen atoms in total. The highest BCUT2D eigenvalue weighted by atomic mass is 28.4. The average molecular weight is 721 g/mol. The largest absolute Gasteiger partial charge is 0.455 e. The maximum atomic E-state index is 13.4. The van der Waals surface area contributed by atoms with E-state index >= 15 is 0 Å². The van der Waals surface area contributed by atoms with Crippen molar-refractivity contribution in [3.63, 3.8) is 0 Å². The number of nitrogens with zero attached hydrogens (tertiary/aromatic N) is 6. The normalized spacial score (nSPS) is 14.7. The maximum absolute atomic E-state index is 13.4. The highest BCUT2D eigenvalue weighted by molar-refractivity contribution is 6.84. The van der Waals surface area contributed by atoms with Gasteiger partial charge in [-0.05, 0) is 75.8 Å². The van der Waals surface area contributed by atoms with Gasteiger partial charge in [0.2, 0.25) is 0 Å². The van der Waals surface area contributed by atoms with Gasteiger partial charge in [0.1, 0.15) is 0 Å². The van der Waals surface area contributed by atoms with Crippen molar-refractivity contribution in [2.24, 2.45) is 24.9 Å². The van der Waals surface area contributed by atoms with E-state index in [1.807, 2.05) is 13.8 Å². The first-order valence-electron chi connectivity index (χ1n) is 17.4. The molecule has 0 aliphatic rings. The lowest BCUT2D eigenvalue weighted by atomic mass is 9.78. The van der Waals surface area contributed by atoms with E-state index in [0.717, 1.165) is 54.6 Å². The Morgan fingerprint density at radius 2 is 1.16 bits per heavy atom. The van der Waals surface area contributed by atoms with E-state index in [4.69, 9.17) is 4.12 Å². The first kappa shape index (κ1) is 41.9. The fourth-order valence-corrected chi connectivity index (χ4v) is 15.6. The molecule has 0 saturated carbocycles. The number of aromatic nitrogens is 6. The van der Waals surface area contributed by atoms with Crippen molar-refractivity contribution in [1.82, 2.24) is 27.4 Å². The summed E-state index contributed by atoms with van der Waals surface area (Å²) in [7, 11) is -1.74. The van der Waals surface area contributed by atoms with Gasteiger partial charge in [0.25, 0.3) is 0 Å². The summed E-state index contributed by atoms with van der Waals surface area (Å²) in [6.45, 7) is 24.8. The van der Waals surface area contributed by atoms with Crippen LogP contribution in [0.4, 0.5) is 0 Å². The van der Waals surface area contributed by atoms with Crippen molar-refractivity contribution in [3.8, 4) is 0 Å². The summed E-state index contributed by atoms with van der Waals surface area (Å²) in [5.74, 6) is 0. The molecule has 0 aliphatic carbocycles. The molecule has 0 amide bonds. The van der Waals surface area contributed by atoms with E-state index < -0.39 is 56.2 Å². The van der Waals surface area contributed by atoms with Crippen LogP contribution in [0.25, 0.3) is 0 Å². The van der Waals surface area contributed by atoms with Gasteiger partial charge in [-0.1, -0.05) is 46.3 Å². The number of rotatable bonds is 20. The first-order valence-corrected chi connectivity index (χ1v) is 23.7. The molecular formula is C34H60N6O7Si2. The molecule has 2 unspecified atom stereocenters. The van der Waals surface area contributed by atoms with Gasteiger partial charge < -0.3 is 4.12 Å². The molecule has 2 rings (SSSR count). The second-order valence-corrected chi connectivity index (χ2v) is 23.9. The van der Waals surface area contributed by atoms with E-state index in [1.165, 1.54) is 24.7 Å². The Balaban J connectivity index is 2.27. The number of hydrogen-bond donors (Lipinski definition) is 0. The van der Waals surface area contributed by atoms with Gasteiger partial charge in [-0.25, -0.2) is 56.2 Å². The van der Waals surface area contributed by atoms with Crippen LogP contribution in [0.3, 0.4) is 0 Å². The molecule has 0 saturated heterocycles. The highest BCUT2D eigenvalue weighted by Crippen LogP contribution is 2.38. The first-order chi connectivity index (χ1) is 22.7. The van der Waals surface area contributed by atoms with Crippen LogP contribution in [-0.4, -0.2) is 44.0 Å². The molecule has 0 spiro atoms. The molecule has 15 heteroatoms. The second-order valence-electron chi connectivity index (χ2n) is 15.1. The molecule has 0 bridgehead atoms. The predicted octanol–water partition coefficient (Wildman–Crippen LogP) is 3.62. The molecule has 0 fully saturated rings. The Morgan fingerprint density at radius 1 is 0.673 bits per heavy atom. The fourth-order valence-electron chi connectivity index (χ4n) is 6.63. The lowest BCUT2D eigenvalue weighted by Crippen LogP contribution is -2.55. The van der Waals surface area contributed by atoms with Gasteiger partial charge in [-0.3, -0.25) is 0 Å². The zero-order valence-corrected chi connectivity index (χ0v) is 33.6. The maximum Gasteiger partial charge on any atom is 0.336 e. The minimum absolute atomic E-state index is 0.0208. The lowest BCUT2D eigenvalue weighted by Gasteiger charge is -2.39. The standard InChI is InChI=1S/C34H60N6O7Si2/c1-13-19-34(17-5,26-40-30(44)35(7)27(41)37(21-14-2)31(40)45)20-24-49(11,12)47-48(9,10)23-18-22-38-28(42)36(8)29(43)39(32(38)46)25-33(6,15-3)16-4/h14-15H,2-3,13,16-26H2,1,4-12H3. The van der Waals surface area contributed by atoms with E-state index in [1.54, 1.807) is 6.08 Å². The molecule has 2 aromatic rings. The topological polar surface area (TPSA) is 141 Å². The van der Waals surface area contributed by atoms with Crippen LogP contribution in [0.5, 0.6) is 0 Å². The lowest BCUT2D eigenvalue weighted by molar-refractivity contribution is 0.184. The Labute approximate surface area is 291 Å². The summed E-state index contributed by atoms with van der Waals surface area (Å²) in [4.78, 5) is 78.3. The molecule has 0 radical (unpaired) electrons. The zero-order chi connectivity index (χ0) is 37.5. The Morgan fingerprint density at radius 3 is 1.65 bits per heavy atom. The van der Waals surface area contributed by atoms with Crippen molar-refractivity contribution in [2.45, 2.75) is 131 Å². The van der Waals surface area contributed by atoms with E-state index in [0.29, 0.717) is 18.9 Å². The van der Waals surface area contributed by atoms with Gasteiger partial charge >= 0.3 is 34.1 Å². The van der Waals surface area contributed by atoms with Crippen molar-refractivity contribution in [3.05, 3.63) is 88.2 Å². The van der Waals surface area contributed by atoms with Crippen molar-refractivity contribution < 1.29 is 4.12 Å². The second kappa shape index (κ2) is 16.6. The monoisotopic (exact) mass is 720 g/mol. The van der Waals surface area contributed by atoms with Crippen molar-refractivity contribution >= 4 is 16.6 Å². The zero-order valence-electron chi connectivity index (χ0n) is 31.6. The Hall–Kier alpha value is -3.31. The van der Waals surface area contributed by atoms with Crippen LogP contribution in [0.1, 0.15) is 66.2 Å². The smallest absolute Gasteiger partial charge is 0.336 e. The van der Waals surface area contributed by atoms with Gasteiger partial charge in [-0.15, -0.1) is 13.2 Å². The van der Waals surface area contributed by atoms with Crippen LogP contribution in [-0.2, 0) is 44.4 Å². The molecule has 276 valence electrons. The third-order valence-corrected chi connectivity index (χ3v) is 17.6. The Kier molecular flexibility index (Phi) is 14.2. The summed E-state index contributed by atoms with van der Waals surface area (Å²) >= 11 is 0. The molecular weight excluding hydrogens is 661 g/mol. The number of allylic oxidation sites excluding steroid dienone is 2. The molecule has 0 aliphatic heterocycles. The molecule has 2 heterocycles. The minimum Gasteiger partial charge on any atom is -0.455 e. The van der Waals surface area contributed by atoms with Crippen molar-refractivity contribution in [1.29, 1.82) is 0 Å². The van der Waals surface area contributed by atoms with Crippen LogP contribution in [0.2, 0.25) is 38.3 Å². The molecule has 0 N–H and O–H groups in total.